The van der Waals surface area contributed by atoms with Gasteiger partial charge in [0, 0.05) is 0 Å². The molecular weight excluding hydrogens is 118 g/mol. The quantitative estimate of drug-likeness (QED) is 0.533. The number of hydrogen-bond donors (Lipinski definition) is 1. The lowest BCUT2D eigenvalue weighted by molar-refractivity contribution is -0.115. The van der Waals surface area contributed by atoms with Gasteiger partial charge in [0.25, 0.3) is 0 Å². The molecule has 0 aliphatic carbocycles. The first-order valence-corrected chi connectivity index (χ1v) is 2.58. The summed E-state index contributed by atoms with van der Waals surface area (Å²) in [5.41, 5.74) is 5.46. The molecule has 0 bridgehead atoms. The number of rotatable bonds is 1. The Morgan fingerprint density at radius 3 is 2.89 bits per heavy atom. The summed E-state index contributed by atoms with van der Waals surface area (Å²) < 4.78 is 4.79. The Kier molecular flexibility index (Phi) is 1.53. The third kappa shape index (κ3) is 1.32. The van der Waals surface area contributed by atoms with Gasteiger partial charge in [0.1, 0.15) is 6.61 Å². The van der Waals surface area contributed by atoms with E-state index < -0.39 is 5.91 Å². The number of hydrogen-bond acceptors (Lipinski definition) is 2. The molecule has 1 rings (SSSR count). The van der Waals surface area contributed by atoms with Gasteiger partial charge in [-0.2, -0.15) is 0 Å². The Morgan fingerprint density at radius 2 is 2.56 bits per heavy atom. The third-order valence-corrected chi connectivity index (χ3v) is 1.03. The van der Waals surface area contributed by atoms with E-state index in [0.717, 1.165) is 0 Å². The van der Waals surface area contributed by atoms with E-state index in [0.29, 0.717) is 12.2 Å². The molecule has 2 N–H and O–H groups in total. The molecule has 3 heteroatoms. The van der Waals surface area contributed by atoms with Crippen molar-refractivity contribution in [3.05, 3.63) is 24.0 Å². The van der Waals surface area contributed by atoms with Crippen molar-refractivity contribution in [2.75, 3.05) is 6.61 Å². The zero-order valence-electron chi connectivity index (χ0n) is 4.83. The van der Waals surface area contributed by atoms with Gasteiger partial charge in [-0.05, 0) is 12.2 Å². The van der Waals surface area contributed by atoms with Gasteiger partial charge in [0.15, 0.2) is 0 Å². The van der Waals surface area contributed by atoms with Crippen molar-refractivity contribution in [1.82, 2.24) is 0 Å². The summed E-state index contributed by atoms with van der Waals surface area (Å²) >= 11 is 0. The van der Waals surface area contributed by atoms with Crippen LogP contribution in [0.1, 0.15) is 0 Å². The Balaban J connectivity index is 2.68. The molecule has 1 heterocycles. The fourth-order valence-corrected chi connectivity index (χ4v) is 0.550. The molecule has 0 radical (unpaired) electrons. The van der Waals surface area contributed by atoms with Crippen LogP contribution < -0.4 is 5.73 Å². The maximum absolute atomic E-state index is 10.4. The Morgan fingerprint density at radius 1 is 1.78 bits per heavy atom. The Bertz CT molecular complexity index is 181. The predicted molar refractivity (Wildman–Crippen MR) is 32.4 cm³/mol. The number of carbonyl (C=O) groups is 1. The molecule has 1 aliphatic heterocycles. The number of carbonyl (C=O) groups excluding carboxylic acids is 1. The molecule has 0 aromatic rings. The van der Waals surface area contributed by atoms with E-state index in [1.54, 1.807) is 12.2 Å². The summed E-state index contributed by atoms with van der Waals surface area (Å²) in [6.07, 6.45) is 4.81. The molecule has 0 aromatic heterocycles. The van der Waals surface area contributed by atoms with E-state index in [-0.39, 0.29) is 0 Å². The largest absolute Gasteiger partial charge is 0.496 e. The molecule has 0 fully saturated rings. The average Bonchev–Trinajstić information content (AvgIpc) is 1.90. The van der Waals surface area contributed by atoms with Crippen LogP contribution in [-0.2, 0) is 9.53 Å². The molecular formula is C6H7NO2. The number of nitrogens with two attached hydrogens (primary N) is 1. The van der Waals surface area contributed by atoms with Crippen molar-refractivity contribution in [2.24, 2.45) is 5.73 Å². The molecule has 0 unspecified atom stereocenters. The fourth-order valence-electron chi connectivity index (χ4n) is 0.550. The monoisotopic (exact) mass is 125 g/mol. The van der Waals surface area contributed by atoms with Crippen molar-refractivity contribution in [1.29, 1.82) is 0 Å². The van der Waals surface area contributed by atoms with Crippen molar-refractivity contribution >= 4 is 5.91 Å². The minimum atomic E-state index is -0.417. The zero-order valence-corrected chi connectivity index (χ0v) is 4.83. The highest BCUT2D eigenvalue weighted by Crippen LogP contribution is 2.00. The molecule has 3 nitrogen and oxygen atoms in total. The van der Waals surface area contributed by atoms with Crippen LogP contribution in [0.5, 0.6) is 0 Å². The van der Waals surface area contributed by atoms with Crippen LogP contribution in [0.4, 0.5) is 0 Å². The first kappa shape index (κ1) is 5.88. The summed E-state index contributed by atoms with van der Waals surface area (Å²) in [7, 11) is 0. The Hall–Kier alpha value is -1.25. The summed E-state index contributed by atoms with van der Waals surface area (Å²) in [6.45, 7) is 0.297. The van der Waals surface area contributed by atoms with E-state index in [1.807, 2.05) is 0 Å². The van der Waals surface area contributed by atoms with Gasteiger partial charge >= 0.3 is 0 Å². The molecule has 48 valence electrons. The zero-order chi connectivity index (χ0) is 6.69. The standard InChI is InChI=1S/C6H7NO2/c7-6(8)5-2-1-3-9-4-5/h1-3H,4H2,(H2,7,8). The second kappa shape index (κ2) is 2.35. The van der Waals surface area contributed by atoms with Gasteiger partial charge in [0.2, 0.25) is 5.91 Å². The minimum Gasteiger partial charge on any atom is -0.496 e. The lowest BCUT2D eigenvalue weighted by atomic mass is 10.2. The SMILES string of the molecule is NC(=O)C1=CC=COC1. The summed E-state index contributed by atoms with van der Waals surface area (Å²) in [4.78, 5) is 10.4. The van der Waals surface area contributed by atoms with E-state index >= 15 is 0 Å². The van der Waals surface area contributed by atoms with E-state index in [1.165, 1.54) is 6.26 Å². The maximum atomic E-state index is 10.4. The molecule has 0 aromatic carbocycles. The van der Waals surface area contributed by atoms with E-state index in [9.17, 15) is 4.79 Å². The summed E-state index contributed by atoms with van der Waals surface area (Å²) in [5, 5.41) is 0. The number of primary amides is 1. The normalized spacial score (nSPS) is 16.2. The smallest absolute Gasteiger partial charge is 0.248 e. The van der Waals surface area contributed by atoms with Crippen molar-refractivity contribution < 1.29 is 9.53 Å². The van der Waals surface area contributed by atoms with Gasteiger partial charge in [-0.15, -0.1) is 0 Å². The van der Waals surface area contributed by atoms with Gasteiger partial charge in [-0.1, -0.05) is 0 Å². The van der Waals surface area contributed by atoms with Crippen LogP contribution >= 0.6 is 0 Å². The molecule has 0 saturated carbocycles. The van der Waals surface area contributed by atoms with Gasteiger partial charge in [0.05, 0.1) is 11.8 Å². The van der Waals surface area contributed by atoms with Crippen LogP contribution in [0.15, 0.2) is 24.0 Å². The van der Waals surface area contributed by atoms with Gasteiger partial charge in [-0.3, -0.25) is 4.79 Å². The van der Waals surface area contributed by atoms with Crippen LogP contribution in [0.3, 0.4) is 0 Å². The van der Waals surface area contributed by atoms with Gasteiger partial charge in [-0.25, -0.2) is 0 Å². The molecule has 1 aliphatic rings. The topological polar surface area (TPSA) is 52.3 Å². The van der Waals surface area contributed by atoms with Gasteiger partial charge < -0.3 is 10.5 Å². The van der Waals surface area contributed by atoms with Crippen molar-refractivity contribution in [2.45, 2.75) is 0 Å². The highest BCUT2D eigenvalue weighted by atomic mass is 16.5. The van der Waals surface area contributed by atoms with Crippen LogP contribution in [0.2, 0.25) is 0 Å². The molecule has 1 amide bonds. The summed E-state index contributed by atoms with van der Waals surface area (Å²) in [6, 6.07) is 0. The second-order valence-corrected chi connectivity index (χ2v) is 1.70. The minimum absolute atomic E-state index is 0.297. The first-order valence-electron chi connectivity index (χ1n) is 2.58. The average molecular weight is 125 g/mol. The maximum Gasteiger partial charge on any atom is 0.248 e. The number of ether oxygens (including phenoxy) is 1. The molecule has 0 saturated heterocycles. The molecule has 0 spiro atoms. The van der Waals surface area contributed by atoms with Crippen molar-refractivity contribution in [3.63, 3.8) is 0 Å². The number of allylic oxidation sites excluding steroid dienone is 2. The van der Waals surface area contributed by atoms with Crippen molar-refractivity contribution in [3.8, 4) is 0 Å². The summed E-state index contributed by atoms with van der Waals surface area (Å²) in [5.74, 6) is -0.417. The predicted octanol–water partition coefficient (Wildman–Crippen LogP) is -0.0580. The van der Waals surface area contributed by atoms with E-state index in [2.05, 4.69) is 0 Å². The Labute approximate surface area is 52.8 Å². The fraction of sp³-hybridized carbons (Fsp3) is 0.167. The number of amides is 1. The highest BCUT2D eigenvalue weighted by Gasteiger charge is 2.04. The van der Waals surface area contributed by atoms with Crippen LogP contribution in [0, 0.1) is 0 Å². The molecule has 0 atom stereocenters. The molecule has 9 heavy (non-hydrogen) atoms. The first-order chi connectivity index (χ1) is 4.30. The van der Waals surface area contributed by atoms with Crippen LogP contribution in [-0.4, -0.2) is 12.5 Å². The highest BCUT2D eigenvalue weighted by molar-refractivity contribution is 5.92. The lowest BCUT2D eigenvalue weighted by Crippen LogP contribution is -2.17. The van der Waals surface area contributed by atoms with E-state index in [4.69, 9.17) is 10.5 Å². The third-order valence-electron chi connectivity index (χ3n) is 1.03. The van der Waals surface area contributed by atoms with Crippen LogP contribution in [0.25, 0.3) is 0 Å². The second-order valence-electron chi connectivity index (χ2n) is 1.70. The lowest BCUT2D eigenvalue weighted by Gasteiger charge is -2.04.